The molecule has 29 heavy (non-hydrogen) atoms. The fraction of sp³-hybridized carbons (Fsp3) is 0.348. The first kappa shape index (κ1) is 19.4. The smallest absolute Gasteiger partial charge is 0.307 e. The minimum Gasteiger partial charge on any atom is -0.481 e. The maximum Gasteiger partial charge on any atom is 0.307 e. The number of nitrogens with zero attached hydrogens (tertiary/aromatic N) is 2. The lowest BCUT2D eigenvalue weighted by atomic mass is 9.88. The number of rotatable bonds is 5. The number of benzene rings is 2. The molecule has 4 rings (SSSR count). The lowest BCUT2D eigenvalue weighted by Crippen LogP contribution is -2.36. The van der Waals surface area contributed by atoms with E-state index < -0.39 is 12.4 Å². The van der Waals surface area contributed by atoms with E-state index in [2.05, 4.69) is 10.6 Å². The first-order valence-corrected chi connectivity index (χ1v) is 9.75. The molecule has 3 aromatic rings. The van der Waals surface area contributed by atoms with Crippen molar-refractivity contribution in [3.8, 4) is 11.1 Å². The van der Waals surface area contributed by atoms with Crippen molar-refractivity contribution in [1.82, 2.24) is 4.57 Å². The maximum absolute atomic E-state index is 13.3. The predicted octanol–water partition coefficient (Wildman–Crippen LogP) is 4.95. The number of alkyl halides is 2. The van der Waals surface area contributed by atoms with Gasteiger partial charge < -0.3 is 14.6 Å². The van der Waals surface area contributed by atoms with Crippen LogP contribution in [0.1, 0.15) is 22.4 Å². The van der Waals surface area contributed by atoms with Gasteiger partial charge in [0, 0.05) is 24.2 Å². The molecule has 4 nitrogen and oxygen atoms in total. The van der Waals surface area contributed by atoms with Crippen LogP contribution in [0.2, 0.25) is 0 Å². The van der Waals surface area contributed by atoms with Crippen LogP contribution in [0.4, 0.5) is 14.5 Å². The molecule has 2 aromatic carbocycles. The molecule has 0 saturated carbocycles. The van der Waals surface area contributed by atoms with E-state index in [4.69, 9.17) is 0 Å². The van der Waals surface area contributed by atoms with Gasteiger partial charge in [0.15, 0.2) is 0 Å². The van der Waals surface area contributed by atoms with E-state index in [0.29, 0.717) is 18.7 Å². The Morgan fingerprint density at radius 3 is 2.45 bits per heavy atom. The van der Waals surface area contributed by atoms with Crippen molar-refractivity contribution in [3.05, 3.63) is 52.7 Å². The van der Waals surface area contributed by atoms with Gasteiger partial charge in [-0.25, -0.2) is 8.78 Å². The van der Waals surface area contributed by atoms with Crippen LogP contribution in [0.3, 0.4) is 0 Å². The summed E-state index contributed by atoms with van der Waals surface area (Å²) in [6.45, 7) is 6.65. The summed E-state index contributed by atoms with van der Waals surface area (Å²) < 4.78 is 28.7. The van der Waals surface area contributed by atoms with Gasteiger partial charge in [-0.2, -0.15) is 0 Å². The fourth-order valence-electron chi connectivity index (χ4n) is 4.57. The van der Waals surface area contributed by atoms with Crippen LogP contribution in [0, 0.1) is 20.8 Å². The molecule has 0 radical (unpaired) electrons. The highest BCUT2D eigenvalue weighted by atomic mass is 19.3. The third-order valence-electron chi connectivity index (χ3n) is 5.84. The molecule has 0 fully saturated rings. The highest BCUT2D eigenvalue weighted by Gasteiger charge is 2.29. The number of hydrogen-bond acceptors (Lipinski definition) is 2. The summed E-state index contributed by atoms with van der Waals surface area (Å²) in [5, 5.41) is 10.5. The second kappa shape index (κ2) is 7.17. The number of halogens is 2. The standard InChI is InChI=1S/C23H24F2N2O2/c1-13-4-6-16(7-5-13)21-17(11-20(28)29)15(3)22-23-18(21)10-14(2)27(23)9-8-26(22)12-19(24)25/h4-7,10,19H,8-9,11-12H2,1-3H3,(H,28,29). The van der Waals surface area contributed by atoms with Gasteiger partial charge in [0.05, 0.1) is 24.2 Å². The lowest BCUT2D eigenvalue weighted by Gasteiger charge is -2.34. The summed E-state index contributed by atoms with van der Waals surface area (Å²) in [5.41, 5.74) is 7.16. The van der Waals surface area contributed by atoms with Crippen LogP contribution in [0.5, 0.6) is 0 Å². The monoisotopic (exact) mass is 398 g/mol. The molecular weight excluding hydrogens is 374 g/mol. The van der Waals surface area contributed by atoms with Gasteiger partial charge in [-0.3, -0.25) is 4.79 Å². The van der Waals surface area contributed by atoms with Crippen LogP contribution in [0.15, 0.2) is 30.3 Å². The first-order valence-electron chi connectivity index (χ1n) is 9.75. The normalized spacial score (nSPS) is 13.5. The first-order chi connectivity index (χ1) is 13.8. The Morgan fingerprint density at radius 2 is 1.83 bits per heavy atom. The molecule has 0 amide bonds. The number of carboxylic acids is 1. The maximum atomic E-state index is 13.3. The number of carbonyl (C=O) groups is 1. The van der Waals surface area contributed by atoms with Crippen molar-refractivity contribution in [1.29, 1.82) is 0 Å². The van der Waals surface area contributed by atoms with Gasteiger partial charge in [-0.05, 0) is 49.1 Å². The summed E-state index contributed by atoms with van der Waals surface area (Å²) in [7, 11) is 0. The van der Waals surface area contributed by atoms with Crippen molar-refractivity contribution in [2.75, 3.05) is 18.0 Å². The lowest BCUT2D eigenvalue weighted by molar-refractivity contribution is -0.136. The van der Waals surface area contributed by atoms with Gasteiger partial charge in [0.25, 0.3) is 6.43 Å². The van der Waals surface area contributed by atoms with Crippen LogP contribution in [0.25, 0.3) is 22.0 Å². The van der Waals surface area contributed by atoms with E-state index in [9.17, 15) is 18.7 Å². The van der Waals surface area contributed by atoms with Gasteiger partial charge in [-0.1, -0.05) is 29.8 Å². The minimum absolute atomic E-state index is 0.148. The number of aryl methyl sites for hydroxylation is 2. The number of aliphatic carboxylic acids is 1. The average Bonchev–Trinajstić information content (AvgIpc) is 2.97. The SMILES string of the molecule is Cc1ccc(-c2c(CC(=O)O)c(C)c3c4c2cc(C)n4CCN3CC(F)F)cc1. The zero-order valence-electron chi connectivity index (χ0n) is 16.8. The molecule has 0 unspecified atom stereocenters. The van der Waals surface area contributed by atoms with Gasteiger partial charge in [-0.15, -0.1) is 0 Å². The topological polar surface area (TPSA) is 45.5 Å². The zero-order chi connectivity index (χ0) is 20.9. The van der Waals surface area contributed by atoms with Gasteiger partial charge >= 0.3 is 5.97 Å². The Hall–Kier alpha value is -2.89. The Kier molecular flexibility index (Phi) is 4.81. The van der Waals surface area contributed by atoms with Crippen molar-refractivity contribution in [2.45, 2.75) is 40.2 Å². The second-order valence-corrected chi connectivity index (χ2v) is 7.80. The second-order valence-electron chi connectivity index (χ2n) is 7.80. The fourth-order valence-corrected chi connectivity index (χ4v) is 4.57. The van der Waals surface area contributed by atoms with Crippen molar-refractivity contribution >= 4 is 22.6 Å². The van der Waals surface area contributed by atoms with E-state index >= 15 is 0 Å². The van der Waals surface area contributed by atoms with Crippen LogP contribution in [-0.2, 0) is 17.8 Å². The number of anilines is 1. The Morgan fingerprint density at radius 1 is 1.14 bits per heavy atom. The van der Waals surface area contributed by atoms with Gasteiger partial charge in [0.2, 0.25) is 0 Å². The molecule has 0 bridgehead atoms. The van der Waals surface area contributed by atoms with Crippen LogP contribution in [-0.4, -0.2) is 35.2 Å². The molecule has 1 aliphatic heterocycles. The van der Waals surface area contributed by atoms with E-state index in [-0.39, 0.29) is 13.0 Å². The van der Waals surface area contributed by atoms with E-state index in [1.54, 1.807) is 4.90 Å². The number of aromatic nitrogens is 1. The molecular formula is C23H24F2N2O2. The summed E-state index contributed by atoms with van der Waals surface area (Å²) in [5.74, 6) is -0.930. The molecule has 0 spiro atoms. The molecule has 1 aromatic heterocycles. The average molecular weight is 398 g/mol. The minimum atomic E-state index is -2.45. The van der Waals surface area contributed by atoms with E-state index in [1.807, 2.05) is 45.0 Å². The van der Waals surface area contributed by atoms with Crippen LogP contribution < -0.4 is 4.90 Å². The summed E-state index contributed by atoms with van der Waals surface area (Å²) in [6, 6.07) is 10.1. The van der Waals surface area contributed by atoms with Gasteiger partial charge in [0.1, 0.15) is 0 Å². The van der Waals surface area contributed by atoms with E-state index in [1.165, 1.54) is 0 Å². The quantitative estimate of drug-likeness (QED) is 0.662. The molecule has 1 aliphatic rings. The highest BCUT2D eigenvalue weighted by Crippen LogP contribution is 2.45. The highest BCUT2D eigenvalue weighted by molar-refractivity contribution is 6.07. The summed E-state index contributed by atoms with van der Waals surface area (Å²) in [6.07, 6.45) is -2.60. The predicted molar refractivity (Wildman–Crippen MR) is 111 cm³/mol. The molecule has 0 atom stereocenters. The van der Waals surface area contributed by atoms with Crippen molar-refractivity contribution in [3.63, 3.8) is 0 Å². The molecule has 6 heteroatoms. The molecule has 152 valence electrons. The third-order valence-corrected chi connectivity index (χ3v) is 5.84. The zero-order valence-corrected chi connectivity index (χ0v) is 16.8. The van der Waals surface area contributed by atoms with Crippen LogP contribution >= 0.6 is 0 Å². The van der Waals surface area contributed by atoms with E-state index in [0.717, 1.165) is 44.5 Å². The molecule has 1 N–H and O–H groups in total. The molecule has 0 saturated heterocycles. The largest absolute Gasteiger partial charge is 0.481 e. The summed E-state index contributed by atoms with van der Waals surface area (Å²) >= 11 is 0. The number of hydrogen-bond donors (Lipinski definition) is 1. The Labute approximate surface area is 168 Å². The Balaban J connectivity index is 2.09. The van der Waals surface area contributed by atoms with Crippen molar-refractivity contribution < 1.29 is 18.7 Å². The molecule has 2 heterocycles. The third kappa shape index (κ3) is 3.26. The number of carboxylic acid groups (broad SMARTS) is 1. The molecule has 0 aliphatic carbocycles. The summed E-state index contributed by atoms with van der Waals surface area (Å²) in [4.78, 5) is 13.4. The van der Waals surface area contributed by atoms with Crippen molar-refractivity contribution in [2.24, 2.45) is 0 Å². The Bertz CT molecular complexity index is 1100.